The van der Waals surface area contributed by atoms with E-state index in [0.29, 0.717) is 11.4 Å². The van der Waals surface area contributed by atoms with Crippen molar-refractivity contribution in [2.45, 2.75) is 9.79 Å². The molecule has 0 unspecified atom stereocenters. The molecule has 5 aromatic rings. The van der Waals surface area contributed by atoms with Crippen LogP contribution in [0, 0.1) is 0 Å². The Morgan fingerprint density at radius 1 is 0.565 bits per heavy atom. The van der Waals surface area contributed by atoms with Gasteiger partial charge in [-0.05, 0) is 83.6 Å². The van der Waals surface area contributed by atoms with Crippen molar-refractivity contribution in [2.75, 3.05) is 5.73 Å². The standard InChI is InChI=1S/C28H21N7O7S2.2Na/c29-22-7-4-8-23(28(22)36)33-31-20-9-11-21(12-10-20)32-35-25-14-17-13-24(34-30-19-5-2-1-3-6-19)26(43(37,38)39)15-18(17)16-27(25)44(40,41)42;;/h1-16,36H,29H2,(H,37,38,39)(H,40,41,42);;/q;2*+1/p-2. The summed E-state index contributed by atoms with van der Waals surface area (Å²) in [6.07, 6.45) is 0. The van der Waals surface area contributed by atoms with Gasteiger partial charge >= 0.3 is 59.1 Å². The normalized spacial score (nSPS) is 12.0. The Balaban J connectivity index is 0.00000288. The number of nitrogen functional groups attached to an aromatic ring is 1. The summed E-state index contributed by atoms with van der Waals surface area (Å²) in [5.74, 6) is -0.455. The maximum Gasteiger partial charge on any atom is 1.00 e. The molecule has 0 amide bonds. The zero-order valence-corrected chi connectivity index (χ0v) is 29.8. The molecule has 3 N–H and O–H groups in total. The smallest absolute Gasteiger partial charge is 0.870 e. The van der Waals surface area contributed by atoms with Crippen LogP contribution < -0.4 is 70.0 Å². The molecule has 0 aliphatic rings. The van der Waals surface area contributed by atoms with E-state index < -0.39 is 35.8 Å². The number of rotatable bonds is 8. The van der Waals surface area contributed by atoms with Crippen LogP contribution in [0.25, 0.3) is 10.8 Å². The number of nitrogens with zero attached hydrogens (tertiary/aromatic N) is 6. The second-order valence-electron chi connectivity index (χ2n) is 9.06. The minimum absolute atomic E-state index is 0. The summed E-state index contributed by atoms with van der Waals surface area (Å²) >= 11 is 0. The number of para-hydroxylation sites is 1. The van der Waals surface area contributed by atoms with Crippen molar-refractivity contribution in [3.63, 3.8) is 0 Å². The number of anilines is 1. The summed E-state index contributed by atoms with van der Waals surface area (Å²) in [6.45, 7) is 0. The largest absolute Gasteiger partial charge is 1.00 e. The number of benzene rings is 5. The van der Waals surface area contributed by atoms with Gasteiger partial charge in [-0.2, -0.15) is 28.9 Å². The summed E-state index contributed by atoms with van der Waals surface area (Å²) in [4.78, 5) is -1.41. The quantitative estimate of drug-likeness (QED) is 0.103. The van der Waals surface area contributed by atoms with E-state index in [1.807, 2.05) is 0 Å². The monoisotopic (exact) mass is 675 g/mol. The summed E-state index contributed by atoms with van der Waals surface area (Å²) < 4.78 is 70.2. The van der Waals surface area contributed by atoms with E-state index in [-0.39, 0.29) is 98.3 Å². The SMILES string of the molecule is Nc1cccc(N=Nc2ccc(N=Nc3cc4cc(N=Nc5ccccc5)c(S(=O)(=O)[O-])cc4cc3S(=O)(=O)O)cc2)c1[O-].[Na+].[Na+]. The molecule has 5 aromatic carbocycles. The molecule has 0 aliphatic heterocycles. The molecule has 46 heavy (non-hydrogen) atoms. The Kier molecular flexibility index (Phi) is 12.4. The summed E-state index contributed by atoms with van der Waals surface area (Å²) in [5.41, 5.74) is 6.16. The van der Waals surface area contributed by atoms with Crippen LogP contribution in [0.15, 0.2) is 138 Å². The van der Waals surface area contributed by atoms with Gasteiger partial charge in [0.25, 0.3) is 10.1 Å². The summed E-state index contributed by atoms with van der Waals surface area (Å²) in [7, 11) is -9.92. The molecule has 18 heteroatoms. The molecule has 0 aromatic heterocycles. The third-order valence-corrected chi connectivity index (χ3v) is 7.74. The van der Waals surface area contributed by atoms with Crippen LogP contribution in [0.4, 0.5) is 39.8 Å². The van der Waals surface area contributed by atoms with Gasteiger partial charge in [-0.15, -0.1) is 10.2 Å². The predicted octanol–water partition coefficient (Wildman–Crippen LogP) is 0.901. The first-order valence-corrected chi connectivity index (χ1v) is 15.2. The van der Waals surface area contributed by atoms with Gasteiger partial charge < -0.3 is 15.4 Å². The Hall–Kier alpha value is -3.42. The average molecular weight is 676 g/mol. The van der Waals surface area contributed by atoms with E-state index >= 15 is 0 Å². The minimum Gasteiger partial charge on any atom is -0.870 e. The number of hydrogen-bond donors (Lipinski definition) is 2. The summed E-state index contributed by atoms with van der Waals surface area (Å²) in [6, 6.07) is 23.3. The molecule has 0 fully saturated rings. The van der Waals surface area contributed by atoms with Gasteiger partial charge in [-0.1, -0.05) is 30.0 Å². The first-order chi connectivity index (χ1) is 20.9. The maximum absolute atomic E-state index is 12.2. The number of azo groups is 3. The molecule has 0 saturated carbocycles. The molecular formula is C28H19N7Na2O7S2. The molecule has 222 valence electrons. The Morgan fingerprint density at radius 3 is 1.54 bits per heavy atom. The van der Waals surface area contributed by atoms with Gasteiger partial charge in [0.1, 0.15) is 26.4 Å². The van der Waals surface area contributed by atoms with Crippen LogP contribution in [0.1, 0.15) is 0 Å². The third-order valence-electron chi connectivity index (χ3n) is 5.99. The third kappa shape index (κ3) is 9.10. The van der Waals surface area contributed by atoms with E-state index in [4.69, 9.17) is 5.73 Å². The molecule has 0 radical (unpaired) electrons. The van der Waals surface area contributed by atoms with E-state index in [1.165, 1.54) is 48.5 Å². The van der Waals surface area contributed by atoms with Crippen LogP contribution in [0.2, 0.25) is 0 Å². The van der Waals surface area contributed by atoms with Crippen LogP contribution in [-0.4, -0.2) is 25.9 Å². The Bertz CT molecular complexity index is 2200. The fraction of sp³-hybridized carbons (Fsp3) is 0. The first-order valence-electron chi connectivity index (χ1n) is 12.4. The van der Waals surface area contributed by atoms with Crippen LogP contribution in [0.3, 0.4) is 0 Å². The maximum atomic E-state index is 12.2. The molecule has 0 atom stereocenters. The van der Waals surface area contributed by atoms with E-state index in [1.54, 1.807) is 36.4 Å². The fourth-order valence-corrected chi connectivity index (χ4v) is 5.15. The Labute approximate surface area is 307 Å². The number of hydrogen-bond acceptors (Lipinski definition) is 13. The van der Waals surface area contributed by atoms with Crippen LogP contribution >= 0.6 is 0 Å². The van der Waals surface area contributed by atoms with Gasteiger partial charge in [0, 0.05) is 5.69 Å². The predicted molar refractivity (Wildman–Crippen MR) is 157 cm³/mol. The topological polar surface area (TPSA) is 235 Å². The molecule has 0 spiro atoms. The van der Waals surface area contributed by atoms with E-state index in [0.717, 1.165) is 12.1 Å². The zero-order valence-electron chi connectivity index (χ0n) is 24.2. The molecule has 0 aliphatic carbocycles. The average Bonchev–Trinajstić information content (AvgIpc) is 2.99. The second kappa shape index (κ2) is 15.4. The molecule has 14 nitrogen and oxygen atoms in total. The number of fused-ring (bicyclic) bond motifs is 1. The van der Waals surface area contributed by atoms with E-state index in [9.17, 15) is 31.0 Å². The van der Waals surface area contributed by atoms with Crippen molar-refractivity contribution < 1.29 is 90.2 Å². The van der Waals surface area contributed by atoms with Crippen LogP contribution in [0.5, 0.6) is 5.75 Å². The molecule has 0 bridgehead atoms. The fourth-order valence-electron chi connectivity index (χ4n) is 3.88. The second-order valence-corrected chi connectivity index (χ2v) is 11.8. The first kappa shape index (κ1) is 37.0. The van der Waals surface area contributed by atoms with Crippen molar-refractivity contribution in [2.24, 2.45) is 30.7 Å². The number of nitrogens with two attached hydrogens (primary N) is 1. The van der Waals surface area contributed by atoms with E-state index in [2.05, 4.69) is 30.7 Å². The van der Waals surface area contributed by atoms with Crippen molar-refractivity contribution >= 4 is 70.8 Å². The Morgan fingerprint density at radius 2 is 1.02 bits per heavy atom. The van der Waals surface area contributed by atoms with Crippen molar-refractivity contribution in [1.82, 2.24) is 0 Å². The van der Waals surface area contributed by atoms with Gasteiger partial charge in [0.2, 0.25) is 0 Å². The molecule has 0 heterocycles. The van der Waals surface area contributed by atoms with Gasteiger partial charge in [-0.25, -0.2) is 8.42 Å². The molecular weight excluding hydrogens is 656 g/mol. The van der Waals surface area contributed by atoms with Crippen LogP contribution in [-0.2, 0) is 20.2 Å². The minimum atomic E-state index is -5.05. The van der Waals surface area contributed by atoms with Crippen molar-refractivity contribution in [1.29, 1.82) is 0 Å². The van der Waals surface area contributed by atoms with Crippen molar-refractivity contribution in [3.8, 4) is 5.75 Å². The van der Waals surface area contributed by atoms with Gasteiger partial charge in [0.05, 0.1) is 27.6 Å². The molecule has 5 rings (SSSR count). The zero-order chi connectivity index (χ0) is 31.5. The van der Waals surface area contributed by atoms with Crippen molar-refractivity contribution in [3.05, 3.63) is 97.1 Å². The van der Waals surface area contributed by atoms with Gasteiger partial charge in [0.15, 0.2) is 0 Å². The van der Waals surface area contributed by atoms with Gasteiger partial charge in [-0.3, -0.25) is 4.55 Å². The molecule has 0 saturated heterocycles. The summed E-state index contributed by atoms with van der Waals surface area (Å²) in [5, 5.41) is 36.0.